The van der Waals surface area contributed by atoms with Crippen molar-refractivity contribution in [2.24, 2.45) is 0 Å². The zero-order chi connectivity index (χ0) is 13.1. The molecule has 94 valence electrons. The predicted octanol–water partition coefficient (Wildman–Crippen LogP) is 3.19. The molecule has 0 saturated carbocycles. The average Bonchev–Trinajstić information content (AvgIpc) is 3.07. The van der Waals surface area contributed by atoms with Gasteiger partial charge in [0.2, 0.25) is 0 Å². The summed E-state index contributed by atoms with van der Waals surface area (Å²) >= 11 is 0. The van der Waals surface area contributed by atoms with Crippen molar-refractivity contribution >= 4 is 12.0 Å². The molecule has 0 bridgehead atoms. The van der Waals surface area contributed by atoms with Gasteiger partial charge in [-0.05, 0) is 29.2 Å². The Labute approximate surface area is 112 Å². The van der Waals surface area contributed by atoms with E-state index >= 15 is 0 Å². The number of carbonyl (C=O) groups excluding carboxylic acids is 1. The van der Waals surface area contributed by atoms with Gasteiger partial charge in [0, 0.05) is 12.1 Å². The Bertz CT molecular complexity index is 643. The van der Waals surface area contributed by atoms with Crippen LogP contribution < -0.4 is 5.32 Å². The highest BCUT2D eigenvalue weighted by molar-refractivity contribution is 5.98. The number of amides is 1. The lowest BCUT2D eigenvalue weighted by atomic mass is 10.1. The Balaban J connectivity index is 0.000000117. The molecule has 0 atom stereocenters. The highest BCUT2D eigenvalue weighted by Crippen LogP contribution is 2.17. The minimum absolute atomic E-state index is 0.0515. The first-order chi connectivity index (χ1) is 9.34. The second kappa shape index (κ2) is 5.11. The number of hydrogen-bond donors (Lipinski definition) is 1. The Hall–Kier alpha value is -2.35. The lowest BCUT2D eigenvalue weighted by Crippen LogP contribution is -2.12. The van der Waals surface area contributed by atoms with Crippen molar-refractivity contribution in [3.8, 4) is 0 Å². The monoisotopic (exact) mass is 249 g/mol. The smallest absolute Gasteiger partial charge is 0.251 e. The van der Waals surface area contributed by atoms with Crippen LogP contribution in [0.2, 0.25) is 0 Å². The van der Waals surface area contributed by atoms with Crippen LogP contribution in [0.1, 0.15) is 27.0 Å². The third kappa shape index (κ3) is 2.43. The topological polar surface area (TPSA) is 29.1 Å². The first kappa shape index (κ1) is 11.7. The van der Waals surface area contributed by atoms with Crippen LogP contribution in [0.4, 0.5) is 0 Å². The molecule has 4 rings (SSSR count). The minimum Gasteiger partial charge on any atom is -0.348 e. The van der Waals surface area contributed by atoms with Gasteiger partial charge in [0.15, 0.2) is 0 Å². The molecule has 0 fully saturated rings. The van der Waals surface area contributed by atoms with E-state index in [2.05, 4.69) is 41.7 Å². The summed E-state index contributed by atoms with van der Waals surface area (Å²) in [7, 11) is 0. The molecule has 1 N–H and O–H groups in total. The average molecular weight is 249 g/mol. The summed E-state index contributed by atoms with van der Waals surface area (Å²) in [6.07, 6.45) is 5.50. The molecule has 2 nitrogen and oxygen atoms in total. The van der Waals surface area contributed by atoms with Crippen molar-refractivity contribution in [2.45, 2.75) is 13.0 Å². The number of benzene rings is 2. The van der Waals surface area contributed by atoms with Crippen molar-refractivity contribution in [1.82, 2.24) is 5.32 Å². The van der Waals surface area contributed by atoms with Crippen LogP contribution in [-0.4, -0.2) is 5.91 Å². The van der Waals surface area contributed by atoms with Crippen molar-refractivity contribution in [2.75, 3.05) is 0 Å². The van der Waals surface area contributed by atoms with E-state index in [1.165, 1.54) is 11.1 Å². The van der Waals surface area contributed by atoms with Gasteiger partial charge in [0.05, 0.1) is 0 Å². The summed E-state index contributed by atoms with van der Waals surface area (Å²) in [6, 6.07) is 16.1. The number of rotatable bonds is 0. The Morgan fingerprint density at radius 1 is 0.895 bits per heavy atom. The molecule has 1 aliphatic heterocycles. The van der Waals surface area contributed by atoms with Crippen molar-refractivity contribution < 1.29 is 4.79 Å². The summed E-state index contributed by atoms with van der Waals surface area (Å²) < 4.78 is 0. The number of allylic oxidation sites excluding steroid dienone is 1. The highest BCUT2D eigenvalue weighted by atomic mass is 16.1. The van der Waals surface area contributed by atoms with Gasteiger partial charge in [-0.1, -0.05) is 54.6 Å². The summed E-state index contributed by atoms with van der Waals surface area (Å²) in [5.74, 6) is 0.0515. The fraction of sp³-hybridized carbons (Fsp3) is 0.118. The van der Waals surface area contributed by atoms with Gasteiger partial charge in [-0.25, -0.2) is 0 Å². The van der Waals surface area contributed by atoms with Gasteiger partial charge in [-0.2, -0.15) is 0 Å². The number of nitrogens with one attached hydrogen (secondary N) is 1. The largest absolute Gasteiger partial charge is 0.348 e. The van der Waals surface area contributed by atoms with Crippen LogP contribution in [0.5, 0.6) is 0 Å². The zero-order valence-electron chi connectivity index (χ0n) is 10.6. The second-order valence-electron chi connectivity index (χ2n) is 4.65. The molecule has 2 aliphatic rings. The molecule has 1 amide bonds. The van der Waals surface area contributed by atoms with Gasteiger partial charge >= 0.3 is 0 Å². The number of fused-ring (bicyclic) bond motifs is 2. The number of hydrogen-bond acceptors (Lipinski definition) is 1. The molecular weight excluding hydrogens is 234 g/mol. The van der Waals surface area contributed by atoms with Crippen molar-refractivity contribution in [3.05, 3.63) is 76.9 Å². The molecule has 0 aromatic heterocycles. The maximum atomic E-state index is 11.0. The fourth-order valence-electron chi connectivity index (χ4n) is 2.36. The molecule has 0 saturated heterocycles. The third-order valence-corrected chi connectivity index (χ3v) is 3.39. The molecule has 2 aromatic carbocycles. The molecule has 0 spiro atoms. The van der Waals surface area contributed by atoms with E-state index in [0.717, 1.165) is 17.5 Å². The summed E-state index contributed by atoms with van der Waals surface area (Å²) in [6.45, 7) is 0.689. The van der Waals surface area contributed by atoms with E-state index < -0.39 is 0 Å². The van der Waals surface area contributed by atoms with Crippen molar-refractivity contribution in [3.63, 3.8) is 0 Å². The van der Waals surface area contributed by atoms with Crippen LogP contribution in [-0.2, 0) is 13.0 Å². The van der Waals surface area contributed by atoms with Gasteiger partial charge in [0.25, 0.3) is 5.91 Å². The molecule has 19 heavy (non-hydrogen) atoms. The van der Waals surface area contributed by atoms with E-state index in [-0.39, 0.29) is 5.91 Å². The molecule has 2 aromatic rings. The van der Waals surface area contributed by atoms with Crippen LogP contribution in [0.3, 0.4) is 0 Å². The van der Waals surface area contributed by atoms with E-state index in [4.69, 9.17) is 0 Å². The summed E-state index contributed by atoms with van der Waals surface area (Å²) in [5, 5.41) is 2.75. The van der Waals surface area contributed by atoms with Crippen molar-refractivity contribution in [1.29, 1.82) is 0 Å². The molecule has 1 heterocycles. The molecular formula is C17H15NO. The highest BCUT2D eigenvalue weighted by Gasteiger charge is 2.16. The summed E-state index contributed by atoms with van der Waals surface area (Å²) in [5.41, 5.74) is 4.77. The maximum Gasteiger partial charge on any atom is 0.251 e. The molecule has 2 heteroatoms. The Morgan fingerprint density at radius 3 is 2.42 bits per heavy atom. The maximum absolute atomic E-state index is 11.0. The van der Waals surface area contributed by atoms with Crippen LogP contribution in [0.25, 0.3) is 6.08 Å². The Morgan fingerprint density at radius 2 is 1.63 bits per heavy atom. The SMILES string of the molecule is C1=Cc2ccccc2C1.O=C1NCc2ccccc21. The van der Waals surface area contributed by atoms with Crippen LogP contribution in [0, 0.1) is 0 Å². The number of carbonyl (C=O) groups is 1. The molecule has 0 unspecified atom stereocenters. The molecule has 1 aliphatic carbocycles. The van der Waals surface area contributed by atoms with E-state index in [9.17, 15) is 4.79 Å². The normalized spacial score (nSPS) is 14.2. The zero-order valence-corrected chi connectivity index (χ0v) is 10.6. The first-order valence-corrected chi connectivity index (χ1v) is 6.45. The first-order valence-electron chi connectivity index (χ1n) is 6.45. The van der Waals surface area contributed by atoms with Gasteiger partial charge in [0.1, 0.15) is 0 Å². The lowest BCUT2D eigenvalue weighted by molar-refractivity contribution is 0.0966. The fourth-order valence-corrected chi connectivity index (χ4v) is 2.36. The van der Waals surface area contributed by atoms with E-state index in [1.54, 1.807) is 0 Å². The molecule has 0 radical (unpaired) electrons. The minimum atomic E-state index is 0.0515. The van der Waals surface area contributed by atoms with Crippen LogP contribution in [0.15, 0.2) is 54.6 Å². The predicted molar refractivity (Wildman–Crippen MR) is 76.8 cm³/mol. The second-order valence-corrected chi connectivity index (χ2v) is 4.65. The quantitative estimate of drug-likeness (QED) is 0.763. The standard InChI is InChI=1S/C9H8.C8H7NO/c1-2-5-9-7-3-6-8(9)4-1;10-8-7-4-2-1-3-6(7)5-9-8/h1-6H,7H2;1-4H,5H2,(H,9,10). The van der Waals surface area contributed by atoms with Gasteiger partial charge in [-0.15, -0.1) is 0 Å². The van der Waals surface area contributed by atoms with Gasteiger partial charge < -0.3 is 5.32 Å². The van der Waals surface area contributed by atoms with E-state index in [0.29, 0.717) is 6.54 Å². The van der Waals surface area contributed by atoms with E-state index in [1.807, 2.05) is 24.3 Å². The summed E-state index contributed by atoms with van der Waals surface area (Å²) in [4.78, 5) is 11.0. The van der Waals surface area contributed by atoms with Gasteiger partial charge in [-0.3, -0.25) is 4.79 Å². The van der Waals surface area contributed by atoms with Crippen LogP contribution >= 0.6 is 0 Å². The third-order valence-electron chi connectivity index (χ3n) is 3.39. The lowest BCUT2D eigenvalue weighted by Gasteiger charge is -1.93. The Kier molecular flexibility index (Phi) is 3.15.